The van der Waals surface area contributed by atoms with Crippen LogP contribution < -0.4 is 0 Å². The number of amides is 2. The lowest BCUT2D eigenvalue weighted by atomic mass is 9.84. The molecule has 0 unspecified atom stereocenters. The number of hydrogen-bond acceptors (Lipinski definition) is 2. The topological polar surface area (TPSA) is 45.6 Å². The first-order chi connectivity index (χ1) is 17.1. The minimum atomic E-state index is 0.0890. The smallest absolute Gasteiger partial charge is 0.242 e. The van der Waals surface area contributed by atoms with Crippen molar-refractivity contribution in [2.45, 2.75) is 90.3 Å². The molecule has 2 saturated carbocycles. The molecule has 0 aliphatic heterocycles. The number of nitrogens with zero attached hydrogens (tertiary/aromatic N) is 3. The zero-order chi connectivity index (χ0) is 24.6. The highest BCUT2D eigenvalue weighted by atomic mass is 35.5. The van der Waals surface area contributed by atoms with E-state index in [1.807, 2.05) is 35.2 Å². The van der Waals surface area contributed by atoms with Gasteiger partial charge >= 0.3 is 0 Å². The molecule has 6 heteroatoms. The molecule has 0 N–H and O–H groups in total. The van der Waals surface area contributed by atoms with E-state index in [9.17, 15) is 9.59 Å². The molecule has 2 fully saturated rings. The van der Waals surface area contributed by atoms with Gasteiger partial charge in [-0.3, -0.25) is 9.59 Å². The quantitative estimate of drug-likeness (QED) is 0.366. The van der Waals surface area contributed by atoms with Crippen molar-refractivity contribution >= 4 is 23.4 Å². The SMILES string of the molecule is CCCCN(CC(=O)N(Cc1cccn1Cc1ccccc1Cl)C1CCCCC1)C(=O)C1CCC1. The maximum atomic E-state index is 13.8. The second kappa shape index (κ2) is 12.6. The Morgan fingerprint density at radius 3 is 2.46 bits per heavy atom. The molecule has 2 aliphatic rings. The first kappa shape index (κ1) is 25.8. The van der Waals surface area contributed by atoms with Gasteiger partial charge in [0.1, 0.15) is 0 Å². The third-order valence-corrected chi connectivity index (χ3v) is 8.13. The van der Waals surface area contributed by atoms with Crippen molar-refractivity contribution in [1.82, 2.24) is 14.4 Å². The predicted molar refractivity (Wildman–Crippen MR) is 141 cm³/mol. The summed E-state index contributed by atoms with van der Waals surface area (Å²) in [7, 11) is 0. The van der Waals surface area contributed by atoms with Crippen LogP contribution >= 0.6 is 11.6 Å². The van der Waals surface area contributed by atoms with Crippen molar-refractivity contribution in [2.24, 2.45) is 5.92 Å². The highest BCUT2D eigenvalue weighted by molar-refractivity contribution is 6.31. The molecule has 35 heavy (non-hydrogen) atoms. The molecule has 0 bridgehead atoms. The van der Waals surface area contributed by atoms with Crippen LogP contribution in [-0.4, -0.2) is 45.3 Å². The van der Waals surface area contributed by atoms with E-state index in [2.05, 4.69) is 28.7 Å². The van der Waals surface area contributed by atoms with Crippen LogP contribution in [0.2, 0.25) is 5.02 Å². The van der Waals surface area contributed by atoms with Gasteiger partial charge in [0.15, 0.2) is 0 Å². The van der Waals surface area contributed by atoms with E-state index in [4.69, 9.17) is 11.6 Å². The Morgan fingerprint density at radius 2 is 1.77 bits per heavy atom. The average molecular weight is 498 g/mol. The van der Waals surface area contributed by atoms with Gasteiger partial charge in [0, 0.05) is 42.0 Å². The van der Waals surface area contributed by atoms with Crippen LogP contribution in [0.15, 0.2) is 42.6 Å². The summed E-state index contributed by atoms with van der Waals surface area (Å²) in [4.78, 5) is 30.8. The van der Waals surface area contributed by atoms with Gasteiger partial charge in [-0.05, 0) is 55.9 Å². The Hall–Kier alpha value is -2.27. The Morgan fingerprint density at radius 1 is 1.00 bits per heavy atom. The van der Waals surface area contributed by atoms with E-state index in [1.54, 1.807) is 0 Å². The van der Waals surface area contributed by atoms with Crippen LogP contribution in [0, 0.1) is 5.92 Å². The Bertz CT molecular complexity index is 978. The van der Waals surface area contributed by atoms with Gasteiger partial charge in [-0.1, -0.05) is 68.8 Å². The minimum Gasteiger partial charge on any atom is -0.345 e. The maximum Gasteiger partial charge on any atom is 0.242 e. The number of benzene rings is 1. The Kier molecular flexibility index (Phi) is 9.31. The zero-order valence-corrected chi connectivity index (χ0v) is 21.9. The number of carbonyl (C=O) groups is 2. The van der Waals surface area contributed by atoms with E-state index in [1.165, 1.54) is 6.42 Å². The van der Waals surface area contributed by atoms with Crippen LogP contribution in [0.3, 0.4) is 0 Å². The Balaban J connectivity index is 1.51. The molecule has 0 radical (unpaired) electrons. The van der Waals surface area contributed by atoms with Crippen LogP contribution in [0.4, 0.5) is 0 Å². The van der Waals surface area contributed by atoms with Gasteiger partial charge < -0.3 is 14.4 Å². The molecular formula is C29H40ClN3O2. The summed E-state index contributed by atoms with van der Waals surface area (Å²) in [6.07, 6.45) is 12.7. The third-order valence-electron chi connectivity index (χ3n) is 7.76. The van der Waals surface area contributed by atoms with Crippen molar-refractivity contribution in [3.8, 4) is 0 Å². The summed E-state index contributed by atoms with van der Waals surface area (Å²) in [5, 5.41) is 0.758. The molecule has 0 spiro atoms. The molecule has 190 valence electrons. The van der Waals surface area contributed by atoms with Gasteiger partial charge in [-0.15, -0.1) is 0 Å². The normalized spacial score (nSPS) is 16.6. The fraction of sp³-hybridized carbons (Fsp3) is 0.586. The third kappa shape index (κ3) is 6.69. The molecular weight excluding hydrogens is 458 g/mol. The van der Waals surface area contributed by atoms with Crippen molar-refractivity contribution in [1.29, 1.82) is 0 Å². The molecule has 2 aromatic rings. The molecule has 0 saturated heterocycles. The van der Waals surface area contributed by atoms with E-state index < -0.39 is 0 Å². The summed E-state index contributed by atoms with van der Waals surface area (Å²) in [6, 6.07) is 12.3. The van der Waals surface area contributed by atoms with Gasteiger partial charge in [0.2, 0.25) is 11.8 Å². The van der Waals surface area contributed by atoms with Crippen LogP contribution in [0.1, 0.15) is 82.4 Å². The van der Waals surface area contributed by atoms with Crippen molar-refractivity contribution < 1.29 is 9.59 Å². The fourth-order valence-corrected chi connectivity index (χ4v) is 5.52. The van der Waals surface area contributed by atoms with E-state index in [-0.39, 0.29) is 30.3 Å². The van der Waals surface area contributed by atoms with Crippen LogP contribution in [0.5, 0.6) is 0 Å². The monoisotopic (exact) mass is 497 g/mol. The molecule has 1 aromatic carbocycles. The second-order valence-corrected chi connectivity index (χ2v) is 10.7. The maximum absolute atomic E-state index is 13.8. The number of rotatable bonds is 11. The largest absolute Gasteiger partial charge is 0.345 e. The highest BCUT2D eigenvalue weighted by Crippen LogP contribution is 2.29. The summed E-state index contributed by atoms with van der Waals surface area (Å²) in [6.45, 7) is 4.27. The summed E-state index contributed by atoms with van der Waals surface area (Å²) < 4.78 is 2.19. The first-order valence-corrected chi connectivity index (χ1v) is 13.9. The number of aromatic nitrogens is 1. The van der Waals surface area contributed by atoms with Crippen molar-refractivity contribution in [2.75, 3.05) is 13.1 Å². The number of unbranched alkanes of at least 4 members (excludes halogenated alkanes) is 1. The standard InChI is InChI=1S/C29H40ClN3O2/c1-2-3-18-32(29(35)23-12-9-13-23)22-28(34)33(25-14-5-4-6-15-25)21-26-16-10-19-31(26)20-24-11-7-8-17-27(24)30/h7-8,10-11,16-17,19,23,25H,2-6,9,12-15,18,20-22H2,1H3. The van der Waals surface area contributed by atoms with E-state index in [0.29, 0.717) is 19.6 Å². The zero-order valence-electron chi connectivity index (χ0n) is 21.1. The van der Waals surface area contributed by atoms with Crippen molar-refractivity contribution in [3.63, 3.8) is 0 Å². The molecule has 4 rings (SSSR count). The molecule has 0 atom stereocenters. The summed E-state index contributed by atoms with van der Waals surface area (Å²) >= 11 is 6.43. The average Bonchev–Trinajstić information content (AvgIpc) is 3.27. The molecule has 2 aliphatic carbocycles. The predicted octanol–water partition coefficient (Wildman–Crippen LogP) is 6.28. The number of carbonyl (C=O) groups excluding carboxylic acids is 2. The second-order valence-electron chi connectivity index (χ2n) is 10.3. The molecule has 1 aromatic heterocycles. The lowest BCUT2D eigenvalue weighted by molar-refractivity contribution is -0.146. The minimum absolute atomic E-state index is 0.0890. The van der Waals surface area contributed by atoms with Crippen LogP contribution in [0.25, 0.3) is 0 Å². The first-order valence-electron chi connectivity index (χ1n) is 13.5. The van der Waals surface area contributed by atoms with Crippen LogP contribution in [-0.2, 0) is 22.7 Å². The Labute approximate surface area is 215 Å². The lowest BCUT2D eigenvalue weighted by Gasteiger charge is -2.37. The molecule has 2 amide bonds. The van der Waals surface area contributed by atoms with Crippen molar-refractivity contribution in [3.05, 3.63) is 58.9 Å². The lowest BCUT2D eigenvalue weighted by Crippen LogP contribution is -2.49. The van der Waals surface area contributed by atoms with E-state index in [0.717, 1.165) is 74.1 Å². The molecule has 5 nitrogen and oxygen atoms in total. The summed E-state index contributed by atoms with van der Waals surface area (Å²) in [5.74, 6) is 0.394. The van der Waals surface area contributed by atoms with Gasteiger partial charge in [-0.2, -0.15) is 0 Å². The van der Waals surface area contributed by atoms with Gasteiger partial charge in [0.25, 0.3) is 0 Å². The number of hydrogen-bond donors (Lipinski definition) is 0. The van der Waals surface area contributed by atoms with Gasteiger partial charge in [0.05, 0.1) is 13.1 Å². The van der Waals surface area contributed by atoms with E-state index >= 15 is 0 Å². The fourth-order valence-electron chi connectivity index (χ4n) is 5.33. The summed E-state index contributed by atoms with van der Waals surface area (Å²) in [5.41, 5.74) is 2.17. The highest BCUT2D eigenvalue weighted by Gasteiger charge is 2.33. The van der Waals surface area contributed by atoms with Gasteiger partial charge in [-0.25, -0.2) is 0 Å². The molecule has 1 heterocycles. The number of halogens is 1.